The van der Waals surface area contributed by atoms with Gasteiger partial charge in [0.1, 0.15) is 10.8 Å². The van der Waals surface area contributed by atoms with Gasteiger partial charge in [0, 0.05) is 13.6 Å². The number of ether oxygens (including phenoxy) is 2. The molecule has 2 aromatic rings. The monoisotopic (exact) mass is 319 g/mol. The minimum Gasteiger partial charge on any atom is -0.493 e. The highest BCUT2D eigenvalue weighted by Gasteiger charge is 2.12. The van der Waals surface area contributed by atoms with Gasteiger partial charge in [-0.25, -0.2) is 4.98 Å². The smallest absolute Gasteiger partial charge is 0.161 e. The van der Waals surface area contributed by atoms with Gasteiger partial charge in [-0.05, 0) is 36.4 Å². The summed E-state index contributed by atoms with van der Waals surface area (Å²) >= 11 is 1.58. The zero-order chi connectivity index (χ0) is 16.1. The van der Waals surface area contributed by atoms with E-state index in [1.807, 2.05) is 25.4 Å². The van der Waals surface area contributed by atoms with Crippen LogP contribution >= 0.6 is 11.8 Å². The summed E-state index contributed by atoms with van der Waals surface area (Å²) in [6.07, 6.45) is 5.53. The molecule has 1 aromatic carbocycles. The van der Waals surface area contributed by atoms with E-state index in [2.05, 4.69) is 21.8 Å². The number of hydrogen-bond acceptors (Lipinski definition) is 6. The molecule has 0 N–H and O–H groups in total. The minimum atomic E-state index is 0.721. The first kappa shape index (κ1) is 16.4. The van der Waals surface area contributed by atoms with Gasteiger partial charge in [0.05, 0.1) is 26.6 Å². The molecular formula is C16H21N3O2S. The number of aromatic nitrogens is 2. The first-order chi connectivity index (χ1) is 10.6. The molecule has 0 aliphatic heterocycles. The number of thioether (sulfide) groups is 1. The number of methoxy groups -OCH3 is 2. The molecule has 0 saturated heterocycles. The lowest BCUT2D eigenvalue weighted by atomic mass is 10.1. The lowest BCUT2D eigenvalue weighted by Gasteiger charge is -2.20. The predicted molar refractivity (Wildman–Crippen MR) is 90.2 cm³/mol. The second kappa shape index (κ2) is 7.35. The fraction of sp³-hybridized carbons (Fsp3) is 0.375. The second-order valence-corrected chi connectivity index (χ2v) is 5.74. The number of rotatable bonds is 6. The Bertz CT molecular complexity index is 649. The third-order valence-electron chi connectivity index (χ3n) is 3.45. The van der Waals surface area contributed by atoms with E-state index in [0.717, 1.165) is 40.0 Å². The van der Waals surface area contributed by atoms with E-state index in [-0.39, 0.29) is 0 Å². The molecule has 1 heterocycles. The third kappa shape index (κ3) is 3.62. The van der Waals surface area contributed by atoms with Crippen molar-refractivity contribution in [2.75, 3.05) is 32.4 Å². The van der Waals surface area contributed by atoms with Gasteiger partial charge in [0.25, 0.3) is 0 Å². The maximum atomic E-state index is 5.38. The number of benzene rings is 1. The molecule has 0 radical (unpaired) electrons. The van der Waals surface area contributed by atoms with E-state index in [4.69, 9.17) is 9.47 Å². The van der Waals surface area contributed by atoms with Crippen LogP contribution in [0.2, 0.25) is 0 Å². The second-order valence-electron chi connectivity index (χ2n) is 4.91. The Morgan fingerprint density at radius 2 is 1.82 bits per heavy atom. The average molecular weight is 319 g/mol. The molecule has 0 bridgehead atoms. The summed E-state index contributed by atoms with van der Waals surface area (Å²) in [5.41, 5.74) is 2.31. The minimum absolute atomic E-state index is 0.721. The normalized spacial score (nSPS) is 10.4. The van der Waals surface area contributed by atoms with Crippen molar-refractivity contribution in [3.8, 4) is 11.5 Å². The van der Waals surface area contributed by atoms with Gasteiger partial charge >= 0.3 is 0 Å². The summed E-state index contributed by atoms with van der Waals surface area (Å²) < 4.78 is 10.7. The zero-order valence-electron chi connectivity index (χ0n) is 13.6. The van der Waals surface area contributed by atoms with Gasteiger partial charge in [0.15, 0.2) is 11.5 Å². The Morgan fingerprint density at radius 1 is 1.14 bits per heavy atom. The predicted octanol–water partition coefficient (Wildman–Crippen LogP) is 3.16. The topological polar surface area (TPSA) is 47.5 Å². The van der Waals surface area contributed by atoms with Gasteiger partial charge in [-0.3, -0.25) is 4.98 Å². The summed E-state index contributed by atoms with van der Waals surface area (Å²) in [5.74, 6) is 2.33. The maximum absolute atomic E-state index is 5.38. The van der Waals surface area contributed by atoms with Gasteiger partial charge < -0.3 is 14.4 Å². The fourth-order valence-electron chi connectivity index (χ4n) is 2.15. The molecular weight excluding hydrogens is 298 g/mol. The van der Waals surface area contributed by atoms with Crippen molar-refractivity contribution in [3.05, 3.63) is 35.7 Å². The van der Waals surface area contributed by atoms with E-state index in [1.54, 1.807) is 38.4 Å². The summed E-state index contributed by atoms with van der Waals surface area (Å²) in [4.78, 5) is 10.9. The van der Waals surface area contributed by atoms with Crippen LogP contribution in [0.1, 0.15) is 11.1 Å². The molecule has 0 aliphatic carbocycles. The molecule has 0 atom stereocenters. The highest BCUT2D eigenvalue weighted by molar-refractivity contribution is 7.98. The van der Waals surface area contributed by atoms with Crippen molar-refractivity contribution in [3.63, 3.8) is 0 Å². The quantitative estimate of drug-likeness (QED) is 0.762. The van der Waals surface area contributed by atoms with E-state index >= 15 is 0 Å². The van der Waals surface area contributed by atoms with Crippen LogP contribution in [0.3, 0.4) is 0 Å². The summed E-state index contributed by atoms with van der Waals surface area (Å²) in [6.45, 7) is 2.79. The van der Waals surface area contributed by atoms with Crippen LogP contribution in [-0.2, 0) is 6.54 Å². The molecule has 0 fully saturated rings. The lowest BCUT2D eigenvalue weighted by molar-refractivity contribution is 0.354. The lowest BCUT2D eigenvalue weighted by Crippen LogP contribution is -2.18. The van der Waals surface area contributed by atoms with Crippen molar-refractivity contribution >= 4 is 17.6 Å². The molecule has 0 saturated carbocycles. The number of aryl methyl sites for hydroxylation is 1. The van der Waals surface area contributed by atoms with E-state index in [1.165, 1.54) is 0 Å². The van der Waals surface area contributed by atoms with Crippen molar-refractivity contribution in [1.82, 2.24) is 9.97 Å². The highest BCUT2D eigenvalue weighted by Crippen LogP contribution is 2.31. The molecule has 0 unspecified atom stereocenters. The average Bonchev–Trinajstić information content (AvgIpc) is 2.56. The van der Waals surface area contributed by atoms with Crippen LogP contribution < -0.4 is 14.4 Å². The largest absolute Gasteiger partial charge is 0.493 e. The first-order valence-corrected chi connectivity index (χ1v) is 8.10. The van der Waals surface area contributed by atoms with Gasteiger partial charge in [0.2, 0.25) is 0 Å². The van der Waals surface area contributed by atoms with Crippen LogP contribution in [-0.4, -0.2) is 37.5 Å². The standard InChI is InChI=1S/C16H21N3O2S/c1-11-6-13(20-3)14(21-4)7-12(11)10-19(2)15-8-17-9-16(18-15)22-5/h6-9H,10H2,1-5H3. The molecule has 5 nitrogen and oxygen atoms in total. The van der Waals surface area contributed by atoms with Crippen LogP contribution in [0.15, 0.2) is 29.6 Å². The Balaban J connectivity index is 2.25. The SMILES string of the molecule is COc1cc(C)c(CN(C)c2cncc(SC)n2)cc1OC. The van der Waals surface area contributed by atoms with Gasteiger partial charge in [-0.2, -0.15) is 0 Å². The Kier molecular flexibility index (Phi) is 5.49. The molecule has 1 aromatic heterocycles. The molecule has 118 valence electrons. The molecule has 22 heavy (non-hydrogen) atoms. The van der Waals surface area contributed by atoms with Crippen LogP contribution in [0.25, 0.3) is 0 Å². The summed E-state index contributed by atoms with van der Waals surface area (Å²) in [6, 6.07) is 4.00. The van der Waals surface area contributed by atoms with Crippen molar-refractivity contribution in [2.24, 2.45) is 0 Å². The molecule has 2 rings (SSSR count). The maximum Gasteiger partial charge on any atom is 0.161 e. The Labute approximate surface area is 135 Å². The third-order valence-corrected chi connectivity index (χ3v) is 4.06. The highest BCUT2D eigenvalue weighted by atomic mass is 32.2. The van der Waals surface area contributed by atoms with Crippen LogP contribution in [0.5, 0.6) is 11.5 Å². The first-order valence-electron chi connectivity index (χ1n) is 6.87. The van der Waals surface area contributed by atoms with Crippen LogP contribution in [0, 0.1) is 6.92 Å². The Morgan fingerprint density at radius 3 is 2.45 bits per heavy atom. The zero-order valence-corrected chi connectivity index (χ0v) is 14.4. The molecule has 0 aliphatic rings. The van der Waals surface area contributed by atoms with Gasteiger partial charge in [-0.15, -0.1) is 11.8 Å². The van der Waals surface area contributed by atoms with Crippen molar-refractivity contribution in [2.45, 2.75) is 18.5 Å². The summed E-state index contributed by atoms with van der Waals surface area (Å²) in [7, 11) is 5.30. The molecule has 0 amide bonds. The van der Waals surface area contributed by atoms with Crippen molar-refractivity contribution in [1.29, 1.82) is 0 Å². The Hall–Kier alpha value is -1.95. The van der Waals surface area contributed by atoms with E-state index < -0.39 is 0 Å². The number of anilines is 1. The summed E-state index contributed by atoms with van der Waals surface area (Å²) in [5, 5.41) is 0.911. The van der Waals surface area contributed by atoms with Crippen LogP contribution in [0.4, 0.5) is 5.82 Å². The van der Waals surface area contributed by atoms with Crippen molar-refractivity contribution < 1.29 is 9.47 Å². The fourth-order valence-corrected chi connectivity index (χ4v) is 2.50. The number of hydrogen-bond donors (Lipinski definition) is 0. The van der Waals surface area contributed by atoms with E-state index in [0.29, 0.717) is 0 Å². The van der Waals surface area contributed by atoms with Gasteiger partial charge in [-0.1, -0.05) is 0 Å². The molecule has 0 spiro atoms. The molecule has 6 heteroatoms. The van der Waals surface area contributed by atoms with E-state index in [9.17, 15) is 0 Å². The number of nitrogens with zero attached hydrogens (tertiary/aromatic N) is 3.